The normalized spacial score (nSPS) is 17.1. The molecule has 0 unspecified atom stereocenters. The maximum atomic E-state index is 14.3. The van der Waals surface area contributed by atoms with E-state index in [1.165, 1.54) is 28.4 Å². The van der Waals surface area contributed by atoms with Crippen molar-refractivity contribution in [2.75, 3.05) is 10.6 Å². The third-order valence-electron chi connectivity index (χ3n) is 7.75. The van der Waals surface area contributed by atoms with E-state index in [4.69, 9.17) is 17.3 Å². The van der Waals surface area contributed by atoms with Crippen LogP contribution >= 0.6 is 34.5 Å². The van der Waals surface area contributed by atoms with Gasteiger partial charge in [-0.2, -0.15) is 4.37 Å². The first-order chi connectivity index (χ1) is 19.8. The van der Waals surface area contributed by atoms with Gasteiger partial charge < -0.3 is 16.4 Å². The Hall–Kier alpha value is -3.02. The van der Waals surface area contributed by atoms with Crippen LogP contribution in [0, 0.1) is 5.82 Å². The Kier molecular flexibility index (Phi) is 9.57. The van der Waals surface area contributed by atoms with Crippen LogP contribution in [0.2, 0.25) is 5.02 Å². The molecule has 4 N–H and O–H groups in total. The molecule has 2 saturated carbocycles. The molecule has 2 aliphatic rings. The van der Waals surface area contributed by atoms with Gasteiger partial charge in [0.1, 0.15) is 10.7 Å². The number of halogens is 2. The van der Waals surface area contributed by atoms with Crippen LogP contribution in [0.3, 0.4) is 0 Å². The zero-order valence-corrected chi connectivity index (χ0v) is 24.9. The van der Waals surface area contributed by atoms with Gasteiger partial charge in [-0.25, -0.2) is 4.39 Å². The van der Waals surface area contributed by atoms with Crippen LogP contribution in [-0.2, 0) is 4.79 Å². The summed E-state index contributed by atoms with van der Waals surface area (Å²) in [6, 6.07) is 6.42. The van der Waals surface area contributed by atoms with Gasteiger partial charge in [-0.3, -0.25) is 19.3 Å². The highest BCUT2D eigenvalue weighted by Gasteiger charge is 2.38. The third-order valence-corrected chi connectivity index (χ3v) is 9.81. The number of carbonyl (C=O) groups excluding carboxylic acids is 3. The summed E-state index contributed by atoms with van der Waals surface area (Å²) in [5.74, 6) is -2.06. The van der Waals surface area contributed by atoms with Crippen molar-refractivity contribution in [1.82, 2.24) is 15.0 Å². The first-order valence-corrected chi connectivity index (χ1v) is 16.0. The number of anilines is 2. The molecule has 0 aliphatic heterocycles. The summed E-state index contributed by atoms with van der Waals surface area (Å²) in [6.45, 7) is 0. The van der Waals surface area contributed by atoms with Crippen molar-refractivity contribution in [3.63, 3.8) is 0 Å². The molecular formula is C29H33ClFN5O3S2. The molecule has 1 atom stereocenters. The molecule has 3 amide bonds. The molecule has 0 spiro atoms. The molecule has 0 bridgehead atoms. The van der Waals surface area contributed by atoms with E-state index in [9.17, 15) is 18.8 Å². The molecule has 5 rings (SSSR count). The highest BCUT2D eigenvalue weighted by atomic mass is 35.5. The van der Waals surface area contributed by atoms with E-state index in [2.05, 4.69) is 15.0 Å². The van der Waals surface area contributed by atoms with Crippen molar-refractivity contribution in [3.8, 4) is 0 Å². The van der Waals surface area contributed by atoms with E-state index in [0.717, 1.165) is 81.8 Å². The lowest BCUT2D eigenvalue weighted by Gasteiger charge is -2.32. The van der Waals surface area contributed by atoms with Crippen LogP contribution in [0.25, 0.3) is 0 Å². The van der Waals surface area contributed by atoms with Gasteiger partial charge >= 0.3 is 0 Å². The first-order valence-electron chi connectivity index (χ1n) is 14.0. The topological polar surface area (TPSA) is 117 Å². The average Bonchev–Trinajstić information content (AvgIpc) is 3.64. The van der Waals surface area contributed by atoms with Gasteiger partial charge in [0.05, 0.1) is 10.7 Å². The molecule has 2 heterocycles. The van der Waals surface area contributed by atoms with E-state index in [1.54, 1.807) is 12.1 Å². The Bertz CT molecular complexity index is 1390. The van der Waals surface area contributed by atoms with Crippen LogP contribution in [-0.4, -0.2) is 34.2 Å². The summed E-state index contributed by atoms with van der Waals surface area (Å²) in [4.78, 5) is 43.2. The highest BCUT2D eigenvalue weighted by Crippen LogP contribution is 2.36. The van der Waals surface area contributed by atoms with Gasteiger partial charge in [0.15, 0.2) is 11.7 Å². The standard InChI is InChI=1S/C29H33ClFN5O3S2/c30-20-16-19(13-14-21(20)31)36(25(22-12-7-15-40-22)28(38)34-18-10-5-2-6-11-18)29(39)26-23(32)24(35-41-26)27(37)33-17-8-3-1-4-9-17/h7,12-18,25H,1-6,8-11,32H2,(H,33,37)(H,34,38)/t25-/m1/s1. The van der Waals surface area contributed by atoms with E-state index >= 15 is 0 Å². The smallest absolute Gasteiger partial charge is 0.273 e. The number of aromatic nitrogens is 1. The molecule has 3 aromatic rings. The summed E-state index contributed by atoms with van der Waals surface area (Å²) in [5, 5.41) is 7.76. The van der Waals surface area contributed by atoms with Crippen molar-refractivity contribution in [3.05, 3.63) is 62.0 Å². The van der Waals surface area contributed by atoms with Gasteiger partial charge in [0, 0.05) is 22.6 Å². The van der Waals surface area contributed by atoms with Crippen molar-refractivity contribution < 1.29 is 18.8 Å². The average molecular weight is 618 g/mol. The number of amides is 3. The molecular weight excluding hydrogens is 585 g/mol. The Morgan fingerprint density at radius 3 is 2.27 bits per heavy atom. The number of nitrogens with one attached hydrogen (secondary N) is 2. The number of nitrogens with zero attached hydrogens (tertiary/aromatic N) is 2. The minimum Gasteiger partial charge on any atom is -0.395 e. The molecule has 2 fully saturated rings. The van der Waals surface area contributed by atoms with E-state index < -0.39 is 23.7 Å². The van der Waals surface area contributed by atoms with Gasteiger partial charge in [-0.1, -0.05) is 56.2 Å². The Morgan fingerprint density at radius 1 is 1.00 bits per heavy atom. The summed E-state index contributed by atoms with van der Waals surface area (Å²) < 4.78 is 18.4. The van der Waals surface area contributed by atoms with Crippen molar-refractivity contribution in [2.45, 2.75) is 82.3 Å². The molecule has 0 radical (unpaired) electrons. The van der Waals surface area contributed by atoms with E-state index in [1.807, 2.05) is 5.38 Å². The quantitative estimate of drug-likeness (QED) is 0.267. The summed E-state index contributed by atoms with van der Waals surface area (Å²) in [5.41, 5.74) is 6.54. The number of hydrogen-bond acceptors (Lipinski definition) is 7. The van der Waals surface area contributed by atoms with Gasteiger partial charge in [0.25, 0.3) is 11.8 Å². The number of carbonyl (C=O) groups is 3. The molecule has 1 aromatic carbocycles. The lowest BCUT2D eigenvalue weighted by molar-refractivity contribution is -0.123. The number of nitrogen functional groups attached to an aromatic ring is 1. The maximum Gasteiger partial charge on any atom is 0.273 e. The predicted molar refractivity (Wildman–Crippen MR) is 161 cm³/mol. The zero-order valence-electron chi connectivity index (χ0n) is 22.5. The second-order valence-electron chi connectivity index (χ2n) is 10.6. The fraction of sp³-hybridized carbons (Fsp3) is 0.448. The van der Waals surface area contributed by atoms with Crippen LogP contribution in [0.15, 0.2) is 35.7 Å². The number of thiophene rings is 1. The summed E-state index contributed by atoms with van der Waals surface area (Å²) in [6.07, 6.45) is 9.90. The number of nitrogens with two attached hydrogens (primary N) is 1. The minimum absolute atomic E-state index is 0.00368. The van der Waals surface area contributed by atoms with Gasteiger partial charge in [0.2, 0.25) is 5.91 Å². The highest BCUT2D eigenvalue weighted by molar-refractivity contribution is 7.10. The number of rotatable bonds is 8. The molecule has 8 nitrogen and oxygen atoms in total. The lowest BCUT2D eigenvalue weighted by Crippen LogP contribution is -2.47. The van der Waals surface area contributed by atoms with Crippen LogP contribution in [0.5, 0.6) is 0 Å². The fourth-order valence-corrected chi connectivity index (χ4v) is 7.31. The first kappa shape index (κ1) is 29.5. The SMILES string of the molecule is Nc1c(C(=O)NC2CCCCC2)nsc1C(=O)N(c1ccc(F)c(Cl)c1)[C@@H](C(=O)NC1CCCCC1)c1cccs1. The fourth-order valence-electron chi connectivity index (χ4n) is 5.59. The lowest BCUT2D eigenvalue weighted by atomic mass is 9.95. The molecule has 12 heteroatoms. The maximum absolute atomic E-state index is 14.3. The molecule has 0 saturated heterocycles. The molecule has 2 aromatic heterocycles. The summed E-state index contributed by atoms with van der Waals surface area (Å²) >= 11 is 8.28. The van der Waals surface area contributed by atoms with Crippen LogP contribution in [0.1, 0.15) is 95.3 Å². The van der Waals surface area contributed by atoms with Crippen LogP contribution in [0.4, 0.5) is 15.8 Å². The second-order valence-corrected chi connectivity index (χ2v) is 12.8. The molecule has 41 heavy (non-hydrogen) atoms. The summed E-state index contributed by atoms with van der Waals surface area (Å²) in [7, 11) is 0. The van der Waals surface area contributed by atoms with Crippen molar-refractivity contribution >= 4 is 63.6 Å². The Labute approximate surface area is 251 Å². The Morgan fingerprint density at radius 2 is 1.66 bits per heavy atom. The van der Waals surface area contributed by atoms with E-state index in [0.29, 0.717) is 4.88 Å². The monoisotopic (exact) mass is 617 g/mol. The van der Waals surface area contributed by atoms with Gasteiger partial charge in [-0.05, 0) is 66.9 Å². The Balaban J connectivity index is 1.51. The van der Waals surface area contributed by atoms with Crippen molar-refractivity contribution in [1.29, 1.82) is 0 Å². The molecule has 2 aliphatic carbocycles. The largest absolute Gasteiger partial charge is 0.395 e. The second kappa shape index (κ2) is 13.3. The molecule has 218 valence electrons. The predicted octanol–water partition coefficient (Wildman–Crippen LogP) is 6.48. The third kappa shape index (κ3) is 6.73. The minimum atomic E-state index is -1.08. The van der Waals surface area contributed by atoms with Crippen molar-refractivity contribution in [2.24, 2.45) is 0 Å². The zero-order chi connectivity index (χ0) is 28.9. The van der Waals surface area contributed by atoms with Gasteiger partial charge in [-0.15, -0.1) is 11.3 Å². The van der Waals surface area contributed by atoms with Crippen LogP contribution < -0.4 is 21.3 Å². The number of hydrogen-bond donors (Lipinski definition) is 3. The number of benzene rings is 1. The van der Waals surface area contributed by atoms with E-state index in [-0.39, 0.29) is 45.0 Å².